The summed E-state index contributed by atoms with van der Waals surface area (Å²) in [6.07, 6.45) is -0.434. The van der Waals surface area contributed by atoms with Gasteiger partial charge in [-0.25, -0.2) is 5.48 Å². The Labute approximate surface area is 265 Å². The Morgan fingerprint density at radius 3 is 2.30 bits per heavy atom. The van der Waals surface area contributed by atoms with Crippen LogP contribution >= 0.6 is 0 Å². The summed E-state index contributed by atoms with van der Waals surface area (Å²) in [7, 11) is 1.39. The van der Waals surface area contributed by atoms with Crippen LogP contribution in [0.15, 0.2) is 78.9 Å². The number of nitro benzene ring substituents is 1. The van der Waals surface area contributed by atoms with Gasteiger partial charge in [0, 0.05) is 24.1 Å². The highest BCUT2D eigenvalue weighted by Gasteiger charge is 2.25. The minimum Gasteiger partial charge on any atom is -0.493 e. The van der Waals surface area contributed by atoms with Crippen molar-refractivity contribution >= 4 is 34.2 Å². The number of nitrogens with one attached hydrogen (secondary N) is 2. The topological polar surface area (TPSA) is 155 Å². The van der Waals surface area contributed by atoms with Crippen LogP contribution in [-0.4, -0.2) is 43.0 Å². The van der Waals surface area contributed by atoms with Crippen LogP contribution in [0.5, 0.6) is 11.5 Å². The van der Waals surface area contributed by atoms with Crippen LogP contribution in [0.4, 0.5) is 5.69 Å². The molecule has 12 heteroatoms. The van der Waals surface area contributed by atoms with E-state index >= 15 is 0 Å². The first-order valence-electron chi connectivity index (χ1n) is 14.7. The number of benzene rings is 4. The molecule has 0 spiro atoms. The van der Waals surface area contributed by atoms with E-state index < -0.39 is 16.9 Å². The maximum absolute atomic E-state index is 12.8. The van der Waals surface area contributed by atoms with Gasteiger partial charge in [0.05, 0.1) is 36.9 Å². The van der Waals surface area contributed by atoms with Gasteiger partial charge >= 0.3 is 5.97 Å². The average molecular weight is 630 g/mol. The minimum absolute atomic E-state index is 0.114. The van der Waals surface area contributed by atoms with Crippen LogP contribution in [0.1, 0.15) is 64.6 Å². The predicted octanol–water partition coefficient (Wildman–Crippen LogP) is 5.83. The number of hydroxylamine groups is 1. The van der Waals surface area contributed by atoms with Crippen molar-refractivity contribution in [2.45, 2.75) is 39.3 Å². The van der Waals surface area contributed by atoms with Crippen molar-refractivity contribution in [3.63, 3.8) is 0 Å². The van der Waals surface area contributed by atoms with E-state index in [1.54, 1.807) is 44.2 Å². The molecule has 0 fully saturated rings. The lowest BCUT2D eigenvalue weighted by atomic mass is 10.1. The number of ether oxygens (including phenoxy) is 3. The predicted molar refractivity (Wildman–Crippen MR) is 170 cm³/mol. The second kappa shape index (κ2) is 16.0. The van der Waals surface area contributed by atoms with Gasteiger partial charge in [0.25, 0.3) is 17.5 Å². The number of esters is 1. The Morgan fingerprint density at radius 1 is 0.891 bits per heavy atom. The van der Waals surface area contributed by atoms with Crippen molar-refractivity contribution in [1.82, 2.24) is 10.8 Å². The standard InChI is InChI=1S/C34H35N3O9/c1-4-44-32(38)10-7-17-45-31-20-29(37(41)42)28(19-30(31)43-3)22(2)46-36-34(40)25-13-11-23(12-14-25)21-35-33(39)27-16-15-24-8-5-6-9-26(24)18-27/h5-6,8-9,11-16,18-20,22H,4,7,10,17,21H2,1-3H3,(H,35,39)(H,36,40). The zero-order valence-electron chi connectivity index (χ0n) is 25.7. The Bertz CT molecular complexity index is 1710. The fraction of sp³-hybridized carbons (Fsp3) is 0.265. The molecule has 0 aliphatic heterocycles. The molecule has 1 unspecified atom stereocenters. The van der Waals surface area contributed by atoms with Crippen LogP contribution in [0, 0.1) is 10.1 Å². The molecule has 46 heavy (non-hydrogen) atoms. The zero-order valence-corrected chi connectivity index (χ0v) is 25.7. The molecule has 0 aromatic heterocycles. The van der Waals surface area contributed by atoms with Crippen LogP contribution in [0.25, 0.3) is 10.8 Å². The van der Waals surface area contributed by atoms with Crippen LogP contribution < -0.4 is 20.3 Å². The van der Waals surface area contributed by atoms with E-state index in [4.69, 9.17) is 19.0 Å². The van der Waals surface area contributed by atoms with Gasteiger partial charge in [-0.15, -0.1) is 0 Å². The number of fused-ring (bicyclic) bond motifs is 1. The van der Waals surface area contributed by atoms with E-state index in [1.165, 1.54) is 19.2 Å². The van der Waals surface area contributed by atoms with E-state index in [1.807, 2.05) is 36.4 Å². The van der Waals surface area contributed by atoms with E-state index in [0.717, 1.165) is 16.3 Å². The number of carbonyl (C=O) groups excluding carboxylic acids is 3. The fourth-order valence-electron chi connectivity index (χ4n) is 4.61. The normalized spacial score (nSPS) is 11.4. The number of hydrogen-bond donors (Lipinski definition) is 2. The van der Waals surface area contributed by atoms with E-state index in [0.29, 0.717) is 12.0 Å². The van der Waals surface area contributed by atoms with E-state index in [2.05, 4.69) is 10.8 Å². The Morgan fingerprint density at radius 2 is 1.61 bits per heavy atom. The molecule has 0 heterocycles. The molecular formula is C34H35N3O9. The number of methoxy groups -OCH3 is 1. The third-order valence-electron chi connectivity index (χ3n) is 7.04. The smallest absolute Gasteiger partial charge is 0.305 e. The van der Waals surface area contributed by atoms with Crippen molar-refractivity contribution in [3.8, 4) is 11.5 Å². The minimum atomic E-state index is -0.930. The highest BCUT2D eigenvalue weighted by molar-refractivity contribution is 5.98. The van der Waals surface area contributed by atoms with Gasteiger partial charge in [-0.3, -0.25) is 29.3 Å². The summed E-state index contributed by atoms with van der Waals surface area (Å²) < 4.78 is 15.9. The Balaban J connectivity index is 1.32. The summed E-state index contributed by atoms with van der Waals surface area (Å²) in [4.78, 5) is 53.7. The average Bonchev–Trinajstić information content (AvgIpc) is 3.07. The van der Waals surface area contributed by atoms with Gasteiger partial charge < -0.3 is 19.5 Å². The summed E-state index contributed by atoms with van der Waals surface area (Å²) in [5.74, 6) is -0.776. The molecule has 2 N–H and O–H groups in total. The summed E-state index contributed by atoms with van der Waals surface area (Å²) >= 11 is 0. The fourth-order valence-corrected chi connectivity index (χ4v) is 4.61. The van der Waals surface area contributed by atoms with Crippen molar-refractivity contribution in [2.75, 3.05) is 20.3 Å². The van der Waals surface area contributed by atoms with Gasteiger partial charge in [-0.2, -0.15) is 0 Å². The lowest BCUT2D eigenvalue weighted by Crippen LogP contribution is -2.26. The number of rotatable bonds is 15. The molecule has 0 bridgehead atoms. The lowest BCUT2D eigenvalue weighted by molar-refractivity contribution is -0.386. The molecule has 0 aliphatic carbocycles. The monoisotopic (exact) mass is 629 g/mol. The third-order valence-corrected chi connectivity index (χ3v) is 7.04. The lowest BCUT2D eigenvalue weighted by Gasteiger charge is -2.17. The molecule has 4 rings (SSSR count). The number of nitro groups is 1. The second-order valence-electron chi connectivity index (χ2n) is 10.2. The first-order chi connectivity index (χ1) is 22.2. The zero-order chi connectivity index (χ0) is 33.1. The van der Waals surface area contributed by atoms with E-state index in [-0.39, 0.29) is 66.4 Å². The third kappa shape index (κ3) is 8.79. The van der Waals surface area contributed by atoms with Gasteiger partial charge in [0.2, 0.25) is 0 Å². The van der Waals surface area contributed by atoms with Gasteiger partial charge in [-0.1, -0.05) is 42.5 Å². The Hall–Kier alpha value is -5.49. The molecule has 1 atom stereocenters. The molecular weight excluding hydrogens is 594 g/mol. The second-order valence-corrected chi connectivity index (χ2v) is 10.2. The molecule has 0 radical (unpaired) electrons. The molecule has 0 saturated carbocycles. The first kappa shape index (κ1) is 33.4. The maximum atomic E-state index is 12.8. The van der Waals surface area contributed by atoms with Crippen molar-refractivity contribution in [3.05, 3.63) is 111 Å². The van der Waals surface area contributed by atoms with Crippen LogP contribution in [-0.2, 0) is 20.9 Å². The van der Waals surface area contributed by atoms with Crippen molar-refractivity contribution < 1.29 is 38.4 Å². The summed E-state index contributed by atoms with van der Waals surface area (Å²) in [6, 6.07) is 22.5. The molecule has 0 aliphatic rings. The van der Waals surface area contributed by atoms with Crippen LogP contribution in [0.2, 0.25) is 0 Å². The molecule has 4 aromatic carbocycles. The van der Waals surface area contributed by atoms with Crippen molar-refractivity contribution in [1.29, 1.82) is 0 Å². The highest BCUT2D eigenvalue weighted by Crippen LogP contribution is 2.38. The van der Waals surface area contributed by atoms with Gasteiger partial charge in [-0.05, 0) is 66.9 Å². The summed E-state index contributed by atoms with van der Waals surface area (Å²) in [5.41, 5.74) is 3.81. The first-order valence-corrected chi connectivity index (χ1v) is 14.7. The maximum Gasteiger partial charge on any atom is 0.305 e. The number of carbonyl (C=O) groups is 3. The van der Waals surface area contributed by atoms with Crippen LogP contribution in [0.3, 0.4) is 0 Å². The molecule has 4 aromatic rings. The van der Waals surface area contributed by atoms with Gasteiger partial charge in [0.15, 0.2) is 11.5 Å². The molecule has 12 nitrogen and oxygen atoms in total. The van der Waals surface area contributed by atoms with Crippen molar-refractivity contribution in [2.24, 2.45) is 0 Å². The summed E-state index contributed by atoms with van der Waals surface area (Å²) in [5, 5.41) is 16.8. The quantitative estimate of drug-likeness (QED) is 0.0715. The summed E-state index contributed by atoms with van der Waals surface area (Å²) in [6.45, 7) is 3.92. The molecule has 0 saturated heterocycles. The number of hydrogen-bond acceptors (Lipinski definition) is 9. The van der Waals surface area contributed by atoms with Gasteiger partial charge in [0.1, 0.15) is 6.10 Å². The molecule has 240 valence electrons. The SMILES string of the molecule is CCOC(=O)CCCOc1cc([N+](=O)[O-])c(C(C)ONC(=O)c2ccc(CNC(=O)c3ccc4ccccc4c3)cc2)cc1OC. The highest BCUT2D eigenvalue weighted by atomic mass is 16.7. The van der Waals surface area contributed by atoms with E-state index in [9.17, 15) is 24.5 Å². The largest absolute Gasteiger partial charge is 0.493 e. The number of amides is 2. The number of nitrogens with zero attached hydrogens (tertiary/aromatic N) is 1. The molecule has 2 amide bonds. The Kier molecular flexibility index (Phi) is 11.6.